The fourth-order valence-corrected chi connectivity index (χ4v) is 5.42. The smallest absolute Gasteiger partial charge is 0.243 e. The van der Waals surface area contributed by atoms with Gasteiger partial charge in [0.05, 0.1) is 4.90 Å². The number of piperidine rings is 1. The second kappa shape index (κ2) is 5.30. The fourth-order valence-electron chi connectivity index (χ4n) is 3.69. The minimum absolute atomic E-state index is 0.400. The highest BCUT2D eigenvalue weighted by molar-refractivity contribution is 7.89. The molecule has 22 heavy (non-hydrogen) atoms. The molecule has 2 unspecified atom stereocenters. The highest BCUT2D eigenvalue weighted by atomic mass is 32.2. The second-order valence-corrected chi connectivity index (χ2v) is 8.02. The second-order valence-electron chi connectivity index (χ2n) is 6.11. The van der Waals surface area contributed by atoms with Gasteiger partial charge < -0.3 is 5.32 Å². The standard InChI is InChI=1S/C16H19N3O2S/c20-22(21,19-9-6-15-13(11-19)4-8-18-15)16-3-1-2-12-10-17-7-5-14(12)16/h1-3,5,7,10,13,15,18H,4,6,8-9,11H2. The topological polar surface area (TPSA) is 62.3 Å². The molecule has 6 heteroatoms. The third-order valence-corrected chi connectivity index (χ3v) is 6.80. The molecular formula is C16H19N3O2S. The normalized spacial score (nSPS) is 26.2. The van der Waals surface area contributed by atoms with E-state index in [2.05, 4.69) is 10.3 Å². The monoisotopic (exact) mass is 317 g/mol. The van der Waals surface area contributed by atoms with E-state index in [-0.39, 0.29) is 0 Å². The molecule has 2 saturated heterocycles. The molecule has 0 spiro atoms. The van der Waals surface area contributed by atoms with Gasteiger partial charge in [0, 0.05) is 42.3 Å². The van der Waals surface area contributed by atoms with Gasteiger partial charge in [-0.05, 0) is 37.4 Å². The van der Waals surface area contributed by atoms with Crippen molar-refractivity contribution in [1.29, 1.82) is 0 Å². The van der Waals surface area contributed by atoms with Crippen LogP contribution in [0.1, 0.15) is 12.8 Å². The molecule has 2 atom stereocenters. The molecule has 5 nitrogen and oxygen atoms in total. The molecule has 1 N–H and O–H groups in total. The van der Waals surface area contributed by atoms with Crippen LogP contribution in [0.15, 0.2) is 41.6 Å². The Kier molecular flexibility index (Phi) is 3.40. The first-order valence-corrected chi connectivity index (χ1v) is 9.16. The first-order chi connectivity index (χ1) is 10.7. The molecule has 3 heterocycles. The lowest BCUT2D eigenvalue weighted by atomic mass is 9.95. The van der Waals surface area contributed by atoms with E-state index in [9.17, 15) is 8.42 Å². The average molecular weight is 317 g/mol. The molecule has 1 aromatic heterocycles. The number of nitrogens with one attached hydrogen (secondary N) is 1. The summed E-state index contributed by atoms with van der Waals surface area (Å²) < 4.78 is 27.8. The first kappa shape index (κ1) is 14.1. The van der Waals surface area contributed by atoms with Crippen molar-refractivity contribution in [2.45, 2.75) is 23.8 Å². The van der Waals surface area contributed by atoms with E-state index in [1.807, 2.05) is 6.07 Å². The highest BCUT2D eigenvalue weighted by Gasteiger charge is 2.38. The molecule has 2 aromatic rings. The van der Waals surface area contributed by atoms with E-state index >= 15 is 0 Å². The number of pyridine rings is 1. The molecule has 116 valence electrons. The summed E-state index contributed by atoms with van der Waals surface area (Å²) in [6.45, 7) is 2.22. The number of nitrogens with zero attached hydrogens (tertiary/aromatic N) is 2. The summed E-state index contributed by atoms with van der Waals surface area (Å²) in [6, 6.07) is 7.67. The van der Waals surface area contributed by atoms with E-state index in [0.29, 0.717) is 29.9 Å². The predicted octanol–water partition coefficient (Wildman–Crippen LogP) is 1.61. The van der Waals surface area contributed by atoms with Gasteiger partial charge >= 0.3 is 0 Å². The maximum atomic E-state index is 13.1. The molecule has 2 aliphatic heterocycles. The van der Waals surface area contributed by atoms with Gasteiger partial charge in [-0.1, -0.05) is 12.1 Å². The largest absolute Gasteiger partial charge is 0.314 e. The molecule has 2 fully saturated rings. The van der Waals surface area contributed by atoms with Crippen LogP contribution in [0.4, 0.5) is 0 Å². The Morgan fingerprint density at radius 1 is 1.23 bits per heavy atom. The Balaban J connectivity index is 1.73. The van der Waals surface area contributed by atoms with Crippen LogP contribution in [-0.4, -0.2) is 43.4 Å². The molecular weight excluding hydrogens is 298 g/mol. The number of aromatic nitrogens is 1. The number of hydrogen-bond acceptors (Lipinski definition) is 4. The maximum Gasteiger partial charge on any atom is 0.243 e. The third-order valence-electron chi connectivity index (χ3n) is 4.88. The fraction of sp³-hybridized carbons (Fsp3) is 0.438. The quantitative estimate of drug-likeness (QED) is 0.914. The predicted molar refractivity (Wildman–Crippen MR) is 85.0 cm³/mol. The van der Waals surface area contributed by atoms with E-state index < -0.39 is 10.0 Å². The van der Waals surface area contributed by atoms with Crippen molar-refractivity contribution in [3.8, 4) is 0 Å². The third kappa shape index (κ3) is 2.22. The van der Waals surface area contributed by atoms with E-state index in [0.717, 1.165) is 30.2 Å². The molecule has 0 saturated carbocycles. The molecule has 0 amide bonds. The maximum absolute atomic E-state index is 13.1. The van der Waals surface area contributed by atoms with Crippen LogP contribution in [0, 0.1) is 5.92 Å². The Morgan fingerprint density at radius 3 is 3.05 bits per heavy atom. The Labute approximate surface area is 130 Å². The summed E-state index contributed by atoms with van der Waals surface area (Å²) in [4.78, 5) is 4.48. The zero-order valence-corrected chi connectivity index (χ0v) is 13.1. The number of rotatable bonds is 2. The van der Waals surface area contributed by atoms with Crippen LogP contribution in [0.25, 0.3) is 10.8 Å². The van der Waals surface area contributed by atoms with Crippen LogP contribution < -0.4 is 5.32 Å². The Bertz CT molecular complexity index is 801. The lowest BCUT2D eigenvalue weighted by Crippen LogP contribution is -2.46. The minimum atomic E-state index is -3.45. The number of hydrogen-bond donors (Lipinski definition) is 1. The van der Waals surface area contributed by atoms with E-state index in [1.54, 1.807) is 34.9 Å². The van der Waals surface area contributed by atoms with Crippen LogP contribution in [-0.2, 0) is 10.0 Å². The van der Waals surface area contributed by atoms with Crippen LogP contribution >= 0.6 is 0 Å². The summed E-state index contributed by atoms with van der Waals surface area (Å²) in [7, 11) is -3.45. The van der Waals surface area contributed by atoms with Crippen LogP contribution in [0.5, 0.6) is 0 Å². The van der Waals surface area contributed by atoms with Gasteiger partial charge in [-0.3, -0.25) is 4.98 Å². The molecule has 4 rings (SSSR count). The van der Waals surface area contributed by atoms with E-state index in [1.165, 1.54) is 0 Å². The zero-order chi connectivity index (χ0) is 15.2. The zero-order valence-electron chi connectivity index (χ0n) is 12.3. The van der Waals surface area contributed by atoms with Gasteiger partial charge in [0.25, 0.3) is 0 Å². The summed E-state index contributed by atoms with van der Waals surface area (Å²) in [5.41, 5.74) is 0. The van der Waals surface area contributed by atoms with Gasteiger partial charge in [-0.15, -0.1) is 0 Å². The van der Waals surface area contributed by atoms with Gasteiger partial charge in [0.15, 0.2) is 0 Å². The van der Waals surface area contributed by atoms with Crippen molar-refractivity contribution in [2.75, 3.05) is 19.6 Å². The van der Waals surface area contributed by atoms with Gasteiger partial charge in [0.2, 0.25) is 10.0 Å². The molecule has 1 aromatic carbocycles. The lowest BCUT2D eigenvalue weighted by molar-refractivity contribution is 0.247. The number of fused-ring (bicyclic) bond motifs is 2. The molecule has 0 radical (unpaired) electrons. The summed E-state index contributed by atoms with van der Waals surface area (Å²) in [5.74, 6) is 0.445. The van der Waals surface area contributed by atoms with Crippen LogP contribution in [0.2, 0.25) is 0 Å². The van der Waals surface area contributed by atoms with Crippen molar-refractivity contribution in [3.63, 3.8) is 0 Å². The molecule has 2 aliphatic rings. The summed E-state index contributed by atoms with van der Waals surface area (Å²) in [5, 5.41) is 5.09. The van der Waals surface area contributed by atoms with Crippen LogP contribution in [0.3, 0.4) is 0 Å². The number of sulfonamides is 1. The molecule has 0 bridgehead atoms. The number of benzene rings is 1. The molecule has 0 aliphatic carbocycles. The Morgan fingerprint density at radius 2 is 2.14 bits per heavy atom. The van der Waals surface area contributed by atoms with E-state index in [4.69, 9.17) is 0 Å². The summed E-state index contributed by atoms with van der Waals surface area (Å²) >= 11 is 0. The minimum Gasteiger partial charge on any atom is -0.314 e. The highest BCUT2D eigenvalue weighted by Crippen LogP contribution is 2.31. The summed E-state index contributed by atoms with van der Waals surface area (Å²) in [6.07, 6.45) is 5.32. The average Bonchev–Trinajstić information content (AvgIpc) is 3.02. The van der Waals surface area contributed by atoms with Crippen molar-refractivity contribution in [2.24, 2.45) is 5.92 Å². The van der Waals surface area contributed by atoms with Gasteiger partial charge in [-0.2, -0.15) is 4.31 Å². The Hall–Kier alpha value is -1.50. The van der Waals surface area contributed by atoms with Crippen molar-refractivity contribution in [1.82, 2.24) is 14.6 Å². The lowest BCUT2D eigenvalue weighted by Gasteiger charge is -2.34. The van der Waals surface area contributed by atoms with Crippen molar-refractivity contribution in [3.05, 3.63) is 36.7 Å². The van der Waals surface area contributed by atoms with Crippen molar-refractivity contribution < 1.29 is 8.42 Å². The first-order valence-electron chi connectivity index (χ1n) is 7.72. The van der Waals surface area contributed by atoms with Gasteiger partial charge in [-0.25, -0.2) is 8.42 Å². The van der Waals surface area contributed by atoms with Gasteiger partial charge in [0.1, 0.15) is 0 Å². The SMILES string of the molecule is O=S(=O)(c1cccc2cnccc12)N1CCC2NCCC2C1. The van der Waals surface area contributed by atoms with Crippen molar-refractivity contribution >= 4 is 20.8 Å².